The molecule has 0 aliphatic carbocycles. The highest BCUT2D eigenvalue weighted by atomic mass is 35.5. The number of likely N-dealkylation sites (tertiary alicyclic amines) is 2. The van der Waals surface area contributed by atoms with E-state index >= 15 is 0 Å². The Hall–Kier alpha value is -3.34. The average Bonchev–Trinajstić information content (AvgIpc) is 3.76. The maximum atomic E-state index is 12.7. The van der Waals surface area contributed by atoms with Crippen LogP contribution in [0, 0.1) is 6.92 Å². The van der Waals surface area contributed by atoms with E-state index in [0.717, 1.165) is 68.9 Å². The van der Waals surface area contributed by atoms with E-state index in [1.54, 1.807) is 11.3 Å². The number of carboxylic acids is 1. The molecule has 2 fully saturated rings. The number of thiazole rings is 1. The van der Waals surface area contributed by atoms with Crippen LogP contribution in [-0.2, 0) is 16.6 Å². The molecule has 4 heterocycles. The van der Waals surface area contributed by atoms with E-state index in [1.165, 1.54) is 30.6 Å². The number of piperidine rings is 1. The third-order valence-electron chi connectivity index (χ3n) is 9.94. The van der Waals surface area contributed by atoms with Crippen molar-refractivity contribution in [3.05, 3.63) is 70.4 Å². The molecule has 252 valence electrons. The highest BCUT2D eigenvalue weighted by Gasteiger charge is 2.33. The van der Waals surface area contributed by atoms with Gasteiger partial charge in [-0.3, -0.25) is 9.58 Å². The average molecular weight is 686 g/mol. The van der Waals surface area contributed by atoms with Crippen molar-refractivity contribution in [3.63, 3.8) is 0 Å². The van der Waals surface area contributed by atoms with E-state index in [0.29, 0.717) is 22.5 Å². The van der Waals surface area contributed by atoms with Gasteiger partial charge < -0.3 is 14.7 Å². The van der Waals surface area contributed by atoms with Gasteiger partial charge in [-0.05, 0) is 121 Å². The van der Waals surface area contributed by atoms with E-state index in [-0.39, 0.29) is 0 Å². The third-order valence-corrected chi connectivity index (χ3v) is 11.3. The molecule has 48 heavy (non-hydrogen) atoms. The molecule has 2 aliphatic rings. The standard InChI is InChI=1S/C38H44ClN5O3S/c1-22-19-29-35(32(23-7-10-26(39)11-8-23)31(22)34(37(45)46)47-38(2,3)4)48-36(40-29)25-9-12-30-28(20-25)33(41-43(30)6)24-13-17-44(18-14-24)27-15-16-42(5)21-27/h7-12,19-20,24,27,34H,13-18,21H2,1-6H3,(H,45,46)/t27-,34+/m1/s1. The number of aryl methyl sites for hydroxylation is 2. The molecule has 3 aromatic carbocycles. The third kappa shape index (κ3) is 6.39. The zero-order valence-electron chi connectivity index (χ0n) is 28.6. The molecule has 0 radical (unpaired) electrons. The largest absolute Gasteiger partial charge is 0.479 e. The number of aliphatic carboxylic acids is 1. The summed E-state index contributed by atoms with van der Waals surface area (Å²) in [7, 11) is 4.26. The first-order valence-electron chi connectivity index (χ1n) is 16.9. The molecule has 2 aliphatic heterocycles. The predicted molar refractivity (Wildman–Crippen MR) is 195 cm³/mol. The quantitative estimate of drug-likeness (QED) is 0.185. The minimum absolute atomic E-state index is 0.423. The van der Waals surface area contributed by atoms with Gasteiger partial charge in [0.05, 0.1) is 27.0 Å². The van der Waals surface area contributed by atoms with Crippen LogP contribution >= 0.6 is 22.9 Å². The van der Waals surface area contributed by atoms with Gasteiger partial charge in [0.15, 0.2) is 6.10 Å². The fraction of sp³-hybridized carbons (Fsp3) is 0.447. The van der Waals surface area contributed by atoms with Crippen molar-refractivity contribution in [3.8, 4) is 21.7 Å². The predicted octanol–water partition coefficient (Wildman–Crippen LogP) is 8.30. The first-order chi connectivity index (χ1) is 22.9. The number of fused-ring (bicyclic) bond motifs is 2. The molecule has 7 rings (SSSR count). The van der Waals surface area contributed by atoms with Gasteiger partial charge in [0, 0.05) is 52.7 Å². The molecule has 8 nitrogen and oxygen atoms in total. The Morgan fingerprint density at radius 3 is 2.38 bits per heavy atom. The van der Waals surface area contributed by atoms with Crippen LogP contribution in [0.15, 0.2) is 48.5 Å². The van der Waals surface area contributed by atoms with Crippen LogP contribution in [0.25, 0.3) is 42.8 Å². The normalized spacial score (nSPS) is 19.1. The van der Waals surface area contributed by atoms with Gasteiger partial charge in [-0.2, -0.15) is 5.10 Å². The van der Waals surface area contributed by atoms with E-state index in [4.69, 9.17) is 26.4 Å². The lowest BCUT2D eigenvalue weighted by Gasteiger charge is -2.35. The fourth-order valence-corrected chi connectivity index (χ4v) is 8.88. The first-order valence-corrected chi connectivity index (χ1v) is 18.1. The number of likely N-dealkylation sites (N-methyl/N-ethyl adjacent to an activating group) is 1. The van der Waals surface area contributed by atoms with Gasteiger partial charge in [-0.15, -0.1) is 11.3 Å². The van der Waals surface area contributed by atoms with Gasteiger partial charge in [-0.1, -0.05) is 23.7 Å². The molecule has 2 aromatic heterocycles. The van der Waals surface area contributed by atoms with Crippen molar-refractivity contribution in [2.45, 2.75) is 70.6 Å². The summed E-state index contributed by atoms with van der Waals surface area (Å²) in [5.74, 6) is -0.601. The SMILES string of the molecule is Cc1cc2nc(-c3ccc4c(c3)c(C3CCN([C@@H]5CCN(C)C5)CC3)nn4C)sc2c(-c2ccc(Cl)cc2)c1[C@H](OC(C)(C)C)C(=O)O. The lowest BCUT2D eigenvalue weighted by Crippen LogP contribution is -2.42. The van der Waals surface area contributed by atoms with Crippen molar-refractivity contribution >= 4 is 50.0 Å². The molecule has 2 atom stereocenters. The second-order valence-electron chi connectivity index (χ2n) is 14.6. The summed E-state index contributed by atoms with van der Waals surface area (Å²) in [6, 6.07) is 16.8. The van der Waals surface area contributed by atoms with Crippen LogP contribution in [0.4, 0.5) is 0 Å². The van der Waals surface area contributed by atoms with E-state index < -0.39 is 17.7 Å². The van der Waals surface area contributed by atoms with Crippen LogP contribution in [0.3, 0.4) is 0 Å². The summed E-state index contributed by atoms with van der Waals surface area (Å²) in [6.45, 7) is 12.2. The molecule has 0 spiro atoms. The number of carboxylic acid groups (broad SMARTS) is 1. The van der Waals surface area contributed by atoms with Crippen LogP contribution < -0.4 is 0 Å². The highest BCUT2D eigenvalue weighted by Crippen LogP contribution is 2.45. The van der Waals surface area contributed by atoms with Gasteiger partial charge in [0.2, 0.25) is 0 Å². The number of carbonyl (C=O) groups is 1. The smallest absolute Gasteiger partial charge is 0.337 e. The Labute approximate surface area is 291 Å². The van der Waals surface area contributed by atoms with Crippen LogP contribution in [-0.4, -0.2) is 80.5 Å². The van der Waals surface area contributed by atoms with Crippen molar-refractivity contribution in [1.82, 2.24) is 24.6 Å². The zero-order valence-corrected chi connectivity index (χ0v) is 30.2. The van der Waals surface area contributed by atoms with E-state index in [2.05, 4.69) is 35.0 Å². The highest BCUT2D eigenvalue weighted by molar-refractivity contribution is 7.22. The summed E-state index contributed by atoms with van der Waals surface area (Å²) in [5.41, 5.74) is 6.67. The minimum atomic E-state index is -1.15. The van der Waals surface area contributed by atoms with Crippen LogP contribution in [0.5, 0.6) is 0 Å². The Morgan fingerprint density at radius 2 is 1.73 bits per heavy atom. The molecule has 10 heteroatoms. The Kier molecular flexibility index (Phi) is 8.87. The second-order valence-corrected chi connectivity index (χ2v) is 16.0. The molecule has 0 unspecified atom stereocenters. The number of halogens is 1. The summed E-state index contributed by atoms with van der Waals surface area (Å²) in [6.07, 6.45) is 2.35. The topological polar surface area (TPSA) is 83.7 Å². The van der Waals surface area contributed by atoms with Crippen molar-refractivity contribution in [1.29, 1.82) is 0 Å². The molecular weight excluding hydrogens is 642 g/mol. The Bertz CT molecular complexity index is 1990. The van der Waals surface area contributed by atoms with Gasteiger partial charge in [-0.25, -0.2) is 9.78 Å². The molecule has 0 saturated carbocycles. The monoisotopic (exact) mass is 685 g/mol. The van der Waals surface area contributed by atoms with Crippen LogP contribution in [0.2, 0.25) is 5.02 Å². The molecule has 0 amide bonds. The number of nitrogens with zero attached hydrogens (tertiary/aromatic N) is 5. The molecule has 1 N–H and O–H groups in total. The molecule has 0 bridgehead atoms. The molecule has 5 aromatic rings. The number of hydrogen-bond acceptors (Lipinski definition) is 7. The summed E-state index contributed by atoms with van der Waals surface area (Å²) < 4.78 is 9.14. The Balaban J connectivity index is 1.30. The maximum Gasteiger partial charge on any atom is 0.337 e. The first kappa shape index (κ1) is 33.2. The summed E-state index contributed by atoms with van der Waals surface area (Å²) >= 11 is 7.88. The van der Waals surface area contributed by atoms with Gasteiger partial charge in [0.1, 0.15) is 5.01 Å². The molecular formula is C38H44ClN5O3S. The minimum Gasteiger partial charge on any atom is -0.479 e. The lowest BCUT2D eigenvalue weighted by molar-refractivity contribution is -0.160. The summed E-state index contributed by atoms with van der Waals surface area (Å²) in [5, 5.41) is 18.2. The van der Waals surface area contributed by atoms with Crippen molar-refractivity contribution in [2.24, 2.45) is 7.05 Å². The number of rotatable bonds is 7. The number of benzene rings is 3. The van der Waals surface area contributed by atoms with E-state index in [1.807, 2.05) is 69.8 Å². The van der Waals surface area contributed by atoms with Crippen molar-refractivity contribution in [2.75, 3.05) is 33.2 Å². The number of ether oxygens (including phenoxy) is 1. The summed E-state index contributed by atoms with van der Waals surface area (Å²) in [4.78, 5) is 23.0. The number of aromatic nitrogens is 3. The van der Waals surface area contributed by atoms with Gasteiger partial charge in [0.25, 0.3) is 0 Å². The van der Waals surface area contributed by atoms with Gasteiger partial charge >= 0.3 is 5.97 Å². The second kappa shape index (κ2) is 12.8. The van der Waals surface area contributed by atoms with Crippen molar-refractivity contribution < 1.29 is 14.6 Å². The van der Waals surface area contributed by atoms with E-state index in [9.17, 15) is 9.90 Å². The lowest BCUT2D eigenvalue weighted by atomic mass is 9.90. The number of hydrogen-bond donors (Lipinski definition) is 1. The Morgan fingerprint density at radius 1 is 1.02 bits per heavy atom. The maximum absolute atomic E-state index is 12.7. The zero-order chi connectivity index (χ0) is 33.9. The fourth-order valence-electron chi connectivity index (χ4n) is 7.64. The molecule has 2 saturated heterocycles. The van der Waals surface area contributed by atoms with Crippen LogP contribution in [0.1, 0.15) is 68.9 Å².